The Bertz CT molecular complexity index is 718. The van der Waals surface area contributed by atoms with Gasteiger partial charge in [-0.3, -0.25) is 0 Å². The molecule has 0 aromatic heterocycles. The number of carbonyl (C=O) groups is 1. The Morgan fingerprint density at radius 3 is 2.38 bits per heavy atom. The van der Waals surface area contributed by atoms with Crippen LogP contribution in [0.5, 0.6) is 17.2 Å². The smallest absolute Gasteiger partial charge is 0.319 e. The molecule has 3 N–H and O–H groups in total. The molecule has 0 radical (unpaired) electrons. The third-order valence-electron chi connectivity index (χ3n) is 3.67. The summed E-state index contributed by atoms with van der Waals surface area (Å²) in [6.07, 6.45) is -0.874. The van der Waals surface area contributed by atoms with E-state index >= 15 is 0 Å². The van der Waals surface area contributed by atoms with Crippen molar-refractivity contribution in [3.8, 4) is 17.2 Å². The molecule has 7 nitrogen and oxygen atoms in total. The summed E-state index contributed by atoms with van der Waals surface area (Å²) in [7, 11) is 3.07. The van der Waals surface area contributed by atoms with Crippen molar-refractivity contribution in [2.24, 2.45) is 0 Å². The van der Waals surface area contributed by atoms with Crippen molar-refractivity contribution in [1.29, 1.82) is 0 Å². The van der Waals surface area contributed by atoms with Gasteiger partial charge in [-0.15, -0.1) is 0 Å². The predicted molar refractivity (Wildman–Crippen MR) is 99.1 cm³/mol. The number of anilines is 1. The summed E-state index contributed by atoms with van der Waals surface area (Å²) in [5.74, 6) is 1.83. The van der Waals surface area contributed by atoms with Gasteiger partial charge in [0.2, 0.25) is 0 Å². The van der Waals surface area contributed by atoms with E-state index in [0.717, 1.165) is 5.75 Å². The van der Waals surface area contributed by atoms with Crippen LogP contribution in [0.3, 0.4) is 0 Å². The van der Waals surface area contributed by atoms with E-state index in [1.54, 1.807) is 49.6 Å². The van der Waals surface area contributed by atoms with Crippen LogP contribution in [0.1, 0.15) is 18.6 Å². The van der Waals surface area contributed by atoms with Gasteiger partial charge in [0.15, 0.2) is 11.5 Å². The number of hydrogen-bond acceptors (Lipinski definition) is 5. The van der Waals surface area contributed by atoms with Crippen LogP contribution < -0.4 is 24.8 Å². The number of aliphatic hydroxyl groups is 1. The Morgan fingerprint density at radius 1 is 1.08 bits per heavy atom. The van der Waals surface area contributed by atoms with Crippen LogP contribution >= 0.6 is 0 Å². The van der Waals surface area contributed by atoms with E-state index in [1.807, 2.05) is 6.92 Å². The second-order valence-corrected chi connectivity index (χ2v) is 5.42. The van der Waals surface area contributed by atoms with Crippen molar-refractivity contribution in [2.45, 2.75) is 13.0 Å². The van der Waals surface area contributed by atoms with E-state index < -0.39 is 12.1 Å². The van der Waals surface area contributed by atoms with Crippen LogP contribution in [-0.4, -0.2) is 38.5 Å². The maximum absolute atomic E-state index is 12.0. The molecule has 1 unspecified atom stereocenters. The first-order valence-electron chi connectivity index (χ1n) is 8.25. The van der Waals surface area contributed by atoms with Gasteiger partial charge < -0.3 is 30.0 Å². The zero-order valence-electron chi connectivity index (χ0n) is 15.1. The molecule has 0 aliphatic carbocycles. The van der Waals surface area contributed by atoms with Crippen molar-refractivity contribution < 1.29 is 24.1 Å². The summed E-state index contributed by atoms with van der Waals surface area (Å²) in [5, 5.41) is 15.6. The molecule has 2 aromatic carbocycles. The van der Waals surface area contributed by atoms with Gasteiger partial charge in [-0.25, -0.2) is 4.79 Å². The Hall–Kier alpha value is -2.93. The molecular formula is C19H24N2O5. The lowest BCUT2D eigenvalue weighted by Crippen LogP contribution is -2.32. The number of amides is 2. The van der Waals surface area contributed by atoms with Crippen LogP contribution in [0.25, 0.3) is 0 Å². The number of carbonyl (C=O) groups excluding carboxylic acids is 1. The standard InChI is InChI=1S/C19H24N2O5/c1-4-26-15-8-6-14(7-9-15)21-19(23)20-12-16(22)13-5-10-17(24-2)18(11-13)25-3/h5-11,16,22H,4,12H2,1-3H3,(H2,20,21,23). The number of aliphatic hydroxyl groups excluding tert-OH is 1. The van der Waals surface area contributed by atoms with Gasteiger partial charge in [0, 0.05) is 12.2 Å². The zero-order chi connectivity index (χ0) is 18.9. The molecule has 0 heterocycles. The minimum absolute atomic E-state index is 0.0539. The highest BCUT2D eigenvalue weighted by Crippen LogP contribution is 2.29. The van der Waals surface area contributed by atoms with Gasteiger partial charge >= 0.3 is 6.03 Å². The zero-order valence-corrected chi connectivity index (χ0v) is 15.1. The van der Waals surface area contributed by atoms with Crippen molar-refractivity contribution in [3.05, 3.63) is 48.0 Å². The van der Waals surface area contributed by atoms with Crippen LogP contribution in [0.2, 0.25) is 0 Å². The maximum atomic E-state index is 12.0. The number of benzene rings is 2. The van der Waals surface area contributed by atoms with Crippen LogP contribution in [-0.2, 0) is 0 Å². The first kappa shape index (κ1) is 19.4. The SMILES string of the molecule is CCOc1ccc(NC(=O)NCC(O)c2ccc(OC)c(OC)c2)cc1. The van der Waals surface area contributed by atoms with Crippen molar-refractivity contribution in [2.75, 3.05) is 32.7 Å². The lowest BCUT2D eigenvalue weighted by molar-refractivity contribution is 0.174. The summed E-state index contributed by atoms with van der Waals surface area (Å²) < 4.78 is 15.7. The minimum atomic E-state index is -0.874. The Balaban J connectivity index is 1.88. The number of ether oxygens (including phenoxy) is 3. The van der Waals surface area contributed by atoms with E-state index in [0.29, 0.717) is 29.4 Å². The summed E-state index contributed by atoms with van der Waals surface area (Å²) >= 11 is 0. The predicted octanol–water partition coefficient (Wildman–Crippen LogP) is 2.96. The number of hydrogen-bond donors (Lipinski definition) is 3. The van der Waals surface area contributed by atoms with Crippen LogP contribution in [0.4, 0.5) is 10.5 Å². The van der Waals surface area contributed by atoms with Crippen LogP contribution in [0.15, 0.2) is 42.5 Å². The highest BCUT2D eigenvalue weighted by Gasteiger charge is 2.13. The third-order valence-corrected chi connectivity index (χ3v) is 3.67. The first-order chi connectivity index (χ1) is 12.6. The fraction of sp³-hybridized carbons (Fsp3) is 0.316. The molecule has 26 heavy (non-hydrogen) atoms. The van der Waals surface area contributed by atoms with E-state index in [9.17, 15) is 9.90 Å². The normalized spacial score (nSPS) is 11.4. The fourth-order valence-corrected chi connectivity index (χ4v) is 2.34. The second kappa shape index (κ2) is 9.53. The summed E-state index contributed by atoms with van der Waals surface area (Å²) in [5.41, 5.74) is 1.25. The average molecular weight is 360 g/mol. The monoisotopic (exact) mass is 360 g/mol. The van der Waals surface area contributed by atoms with Gasteiger partial charge in [-0.1, -0.05) is 6.07 Å². The molecule has 0 saturated heterocycles. The molecule has 0 saturated carbocycles. The lowest BCUT2D eigenvalue weighted by atomic mass is 10.1. The van der Waals surface area contributed by atoms with Gasteiger partial charge in [0.25, 0.3) is 0 Å². The molecule has 2 aromatic rings. The maximum Gasteiger partial charge on any atom is 0.319 e. The van der Waals surface area contributed by atoms with Gasteiger partial charge in [-0.2, -0.15) is 0 Å². The number of nitrogens with one attached hydrogen (secondary N) is 2. The average Bonchev–Trinajstić information content (AvgIpc) is 2.67. The van der Waals surface area contributed by atoms with Crippen molar-refractivity contribution in [3.63, 3.8) is 0 Å². The summed E-state index contributed by atoms with van der Waals surface area (Å²) in [4.78, 5) is 12.0. The van der Waals surface area contributed by atoms with Gasteiger partial charge in [0.05, 0.1) is 26.9 Å². The van der Waals surface area contributed by atoms with E-state index in [-0.39, 0.29) is 6.54 Å². The number of rotatable bonds is 8. The van der Waals surface area contributed by atoms with Gasteiger partial charge in [-0.05, 0) is 48.9 Å². The molecule has 2 amide bonds. The van der Waals surface area contributed by atoms with Crippen LogP contribution in [0, 0.1) is 0 Å². The van der Waals surface area contributed by atoms with E-state index in [1.165, 1.54) is 7.11 Å². The number of urea groups is 1. The molecule has 7 heteroatoms. The van der Waals surface area contributed by atoms with E-state index in [4.69, 9.17) is 14.2 Å². The molecule has 140 valence electrons. The van der Waals surface area contributed by atoms with E-state index in [2.05, 4.69) is 10.6 Å². The lowest BCUT2D eigenvalue weighted by Gasteiger charge is -2.15. The molecule has 0 aliphatic heterocycles. The molecule has 2 rings (SSSR count). The topological polar surface area (TPSA) is 89.1 Å². The summed E-state index contributed by atoms with van der Waals surface area (Å²) in [6, 6.07) is 11.7. The largest absolute Gasteiger partial charge is 0.494 e. The highest BCUT2D eigenvalue weighted by molar-refractivity contribution is 5.89. The second-order valence-electron chi connectivity index (χ2n) is 5.42. The summed E-state index contributed by atoms with van der Waals surface area (Å²) in [6.45, 7) is 2.54. The number of methoxy groups -OCH3 is 2. The molecule has 1 atom stereocenters. The molecule has 0 fully saturated rings. The van der Waals surface area contributed by atoms with Crippen molar-refractivity contribution in [1.82, 2.24) is 5.32 Å². The molecule has 0 spiro atoms. The first-order valence-corrected chi connectivity index (χ1v) is 8.25. The minimum Gasteiger partial charge on any atom is -0.494 e. The third kappa shape index (κ3) is 5.29. The molecular weight excluding hydrogens is 336 g/mol. The fourth-order valence-electron chi connectivity index (χ4n) is 2.34. The Labute approximate surface area is 152 Å². The Kier molecular flexibility index (Phi) is 7.11. The highest BCUT2D eigenvalue weighted by atomic mass is 16.5. The Morgan fingerprint density at radius 2 is 1.77 bits per heavy atom. The quantitative estimate of drug-likeness (QED) is 0.673. The molecule has 0 aliphatic rings. The van der Waals surface area contributed by atoms with Gasteiger partial charge in [0.1, 0.15) is 5.75 Å². The molecule has 0 bridgehead atoms. The van der Waals surface area contributed by atoms with Crippen molar-refractivity contribution >= 4 is 11.7 Å².